The van der Waals surface area contributed by atoms with E-state index >= 15 is 0 Å². The van der Waals surface area contributed by atoms with Gasteiger partial charge < -0.3 is 10.2 Å². The zero-order valence-electron chi connectivity index (χ0n) is 14.8. The second-order valence-electron chi connectivity index (χ2n) is 5.66. The number of benzene rings is 1. The molecule has 0 radical (unpaired) electrons. The summed E-state index contributed by atoms with van der Waals surface area (Å²) in [5.74, 6) is -1.08. The third-order valence-corrected chi connectivity index (χ3v) is 6.52. The van der Waals surface area contributed by atoms with E-state index in [-0.39, 0.29) is 32.8 Å². The molecule has 0 aliphatic carbocycles. The smallest absolute Gasteiger partial charge is 0.322 e. The Labute approximate surface area is 174 Å². The van der Waals surface area contributed by atoms with Crippen LogP contribution in [0, 0.1) is 5.82 Å². The summed E-state index contributed by atoms with van der Waals surface area (Å²) in [4.78, 5) is 22.3. The van der Waals surface area contributed by atoms with Gasteiger partial charge in [0.2, 0.25) is 5.13 Å². The van der Waals surface area contributed by atoms with E-state index in [9.17, 15) is 17.6 Å². The number of pyridine rings is 1. The maximum absolute atomic E-state index is 14.7. The predicted molar refractivity (Wildman–Crippen MR) is 107 cm³/mol. The summed E-state index contributed by atoms with van der Waals surface area (Å²) in [5, 5.41) is 4.28. The first-order valence-electron chi connectivity index (χ1n) is 8.05. The number of nitrogens with one attached hydrogen (secondary N) is 1. The summed E-state index contributed by atoms with van der Waals surface area (Å²) in [5.41, 5.74) is 1.02. The average molecular weight is 457 g/mol. The third kappa shape index (κ3) is 4.47. The van der Waals surface area contributed by atoms with Crippen LogP contribution in [0.2, 0.25) is 5.02 Å². The van der Waals surface area contributed by atoms with Crippen LogP contribution in [0.3, 0.4) is 0 Å². The van der Waals surface area contributed by atoms with Crippen LogP contribution in [-0.2, 0) is 19.7 Å². The Morgan fingerprint density at radius 1 is 1.38 bits per heavy atom. The van der Waals surface area contributed by atoms with Crippen molar-refractivity contribution < 1.29 is 22.4 Å². The second kappa shape index (κ2) is 8.72. The number of nitrogens with zero attached hydrogens (tertiary/aromatic N) is 3. The Morgan fingerprint density at radius 2 is 2.17 bits per heavy atom. The molecule has 0 amide bonds. The summed E-state index contributed by atoms with van der Waals surface area (Å²) in [6.45, 7) is 1.72. The molecule has 2 heterocycles. The molecule has 152 valence electrons. The summed E-state index contributed by atoms with van der Waals surface area (Å²) >= 11 is 7.08. The number of hydrogen-bond acceptors (Lipinski definition) is 8. The minimum absolute atomic E-state index is 0.0362. The Balaban J connectivity index is 1.95. The lowest BCUT2D eigenvalue weighted by Gasteiger charge is -2.20. The Bertz CT molecular complexity index is 1100. The first-order chi connectivity index (χ1) is 13.8. The number of carbonyl (C=O) groups excluding carboxylic acids is 1. The molecule has 1 aromatic carbocycles. The van der Waals surface area contributed by atoms with Gasteiger partial charge in [-0.15, -0.1) is 11.3 Å². The van der Waals surface area contributed by atoms with Gasteiger partial charge in [-0.05, 0) is 30.7 Å². The van der Waals surface area contributed by atoms with Crippen molar-refractivity contribution >= 4 is 50.3 Å². The zero-order valence-corrected chi connectivity index (χ0v) is 17.2. The van der Waals surface area contributed by atoms with Crippen LogP contribution in [-0.4, -0.2) is 24.9 Å². The van der Waals surface area contributed by atoms with Gasteiger partial charge in [0.25, 0.3) is 0 Å². The fourth-order valence-electron chi connectivity index (χ4n) is 2.42. The van der Waals surface area contributed by atoms with E-state index in [1.807, 2.05) is 13.0 Å². The number of anilines is 2. The lowest BCUT2D eigenvalue weighted by atomic mass is 10.1. The number of hydrogen-bond donors (Lipinski definition) is 1. The molecule has 0 fully saturated rings. The van der Waals surface area contributed by atoms with Crippen molar-refractivity contribution in [2.45, 2.75) is 17.9 Å². The standard InChI is InChI=1S/C17H14ClFN4O4S2/c1-11(12-3-2-4-20-9-12)22-15-8-14(19)16(7-13(15)18)29(25,26)23(27-10-24)17-21-5-6-28-17/h2-11,22H,1H3/t11-/m1/s1. The van der Waals surface area contributed by atoms with E-state index in [1.165, 1.54) is 11.6 Å². The highest BCUT2D eigenvalue weighted by atomic mass is 35.5. The van der Waals surface area contributed by atoms with Crippen LogP contribution in [0.4, 0.5) is 15.2 Å². The highest BCUT2D eigenvalue weighted by molar-refractivity contribution is 7.92. The molecular formula is C17H14ClFN4O4S2. The fourth-order valence-corrected chi connectivity index (χ4v) is 4.78. The van der Waals surface area contributed by atoms with Gasteiger partial charge >= 0.3 is 16.5 Å². The molecule has 0 unspecified atom stereocenters. The van der Waals surface area contributed by atoms with E-state index in [2.05, 4.69) is 20.1 Å². The third-order valence-electron chi connectivity index (χ3n) is 3.79. The Hall–Kier alpha value is -2.76. The van der Waals surface area contributed by atoms with Crippen LogP contribution < -0.4 is 9.79 Å². The second-order valence-corrected chi connectivity index (χ2v) is 8.67. The molecule has 3 aromatic rings. The van der Waals surface area contributed by atoms with Crippen molar-refractivity contribution in [3.05, 3.63) is 64.6 Å². The lowest BCUT2D eigenvalue weighted by Crippen LogP contribution is -2.31. The average Bonchev–Trinajstić information content (AvgIpc) is 3.23. The van der Waals surface area contributed by atoms with Crippen LogP contribution in [0.15, 0.2) is 53.1 Å². The zero-order chi connectivity index (χ0) is 21.0. The van der Waals surface area contributed by atoms with Crippen LogP contribution in [0.25, 0.3) is 0 Å². The molecule has 0 saturated carbocycles. The van der Waals surface area contributed by atoms with Gasteiger partial charge in [-0.3, -0.25) is 9.78 Å². The van der Waals surface area contributed by atoms with Crippen molar-refractivity contribution in [3.8, 4) is 0 Å². The van der Waals surface area contributed by atoms with Gasteiger partial charge in [0.1, 0.15) is 10.7 Å². The number of thiazole rings is 1. The van der Waals surface area contributed by atoms with Crippen molar-refractivity contribution in [2.75, 3.05) is 9.79 Å². The van der Waals surface area contributed by atoms with Gasteiger partial charge in [0, 0.05) is 24.0 Å². The first kappa shape index (κ1) is 21.0. The monoisotopic (exact) mass is 456 g/mol. The maximum Gasteiger partial charge on any atom is 0.322 e. The van der Waals surface area contributed by atoms with E-state index in [4.69, 9.17) is 11.6 Å². The number of aromatic nitrogens is 2. The molecule has 0 saturated heterocycles. The summed E-state index contributed by atoms with van der Waals surface area (Å²) in [6.07, 6.45) is 4.58. The molecule has 1 N–H and O–H groups in total. The van der Waals surface area contributed by atoms with Crippen molar-refractivity contribution in [1.82, 2.24) is 9.97 Å². The highest BCUT2D eigenvalue weighted by Crippen LogP contribution is 2.33. The number of carbonyl (C=O) groups is 1. The lowest BCUT2D eigenvalue weighted by molar-refractivity contribution is -0.128. The van der Waals surface area contributed by atoms with Gasteiger partial charge in [-0.2, -0.15) is 8.42 Å². The van der Waals surface area contributed by atoms with Crippen molar-refractivity contribution in [3.63, 3.8) is 0 Å². The maximum atomic E-state index is 14.7. The Kier molecular flexibility index (Phi) is 6.30. The molecule has 1 atom stereocenters. The van der Waals surface area contributed by atoms with Crippen molar-refractivity contribution in [2.24, 2.45) is 0 Å². The Morgan fingerprint density at radius 3 is 2.79 bits per heavy atom. The van der Waals surface area contributed by atoms with Crippen LogP contribution >= 0.6 is 22.9 Å². The molecule has 3 rings (SSSR count). The number of sulfonamides is 1. The number of rotatable bonds is 8. The highest BCUT2D eigenvalue weighted by Gasteiger charge is 2.32. The normalized spacial score (nSPS) is 12.2. The van der Waals surface area contributed by atoms with E-state index < -0.39 is 20.7 Å². The summed E-state index contributed by atoms with van der Waals surface area (Å²) < 4.78 is 40.6. The fraction of sp³-hybridized carbons (Fsp3) is 0.118. The molecular weight excluding hydrogens is 443 g/mol. The minimum Gasteiger partial charge on any atom is -0.377 e. The molecule has 2 aromatic heterocycles. The van der Waals surface area contributed by atoms with E-state index in [1.54, 1.807) is 18.5 Å². The van der Waals surface area contributed by atoms with Gasteiger partial charge in [-0.1, -0.05) is 22.1 Å². The van der Waals surface area contributed by atoms with Gasteiger partial charge in [-0.25, -0.2) is 9.37 Å². The first-order valence-corrected chi connectivity index (χ1v) is 10.7. The van der Waals surface area contributed by atoms with E-state index in [0.29, 0.717) is 0 Å². The molecule has 29 heavy (non-hydrogen) atoms. The molecule has 0 bridgehead atoms. The van der Waals surface area contributed by atoms with Crippen molar-refractivity contribution in [1.29, 1.82) is 0 Å². The summed E-state index contributed by atoms with van der Waals surface area (Å²) in [6, 6.07) is 5.22. The predicted octanol–water partition coefficient (Wildman–Crippen LogP) is 3.79. The van der Waals surface area contributed by atoms with Gasteiger partial charge in [0.05, 0.1) is 16.8 Å². The van der Waals surface area contributed by atoms with E-state index in [0.717, 1.165) is 29.0 Å². The SMILES string of the molecule is C[C@@H](Nc1cc(F)c(S(=O)(=O)N(OC=O)c2nccs2)cc1Cl)c1cccnc1. The molecule has 0 aliphatic rings. The largest absolute Gasteiger partial charge is 0.377 e. The molecule has 8 nitrogen and oxygen atoms in total. The van der Waals surface area contributed by atoms with Crippen LogP contribution in [0.1, 0.15) is 18.5 Å². The number of halogens is 2. The topological polar surface area (TPSA) is 101 Å². The van der Waals surface area contributed by atoms with Crippen LogP contribution in [0.5, 0.6) is 0 Å². The molecule has 0 spiro atoms. The summed E-state index contributed by atoms with van der Waals surface area (Å²) in [7, 11) is -4.61. The minimum atomic E-state index is -4.61. The van der Waals surface area contributed by atoms with Gasteiger partial charge in [0.15, 0.2) is 0 Å². The quantitative estimate of drug-likeness (QED) is 0.406. The molecule has 12 heteroatoms. The molecule has 0 aliphatic heterocycles.